The summed E-state index contributed by atoms with van der Waals surface area (Å²) in [4.78, 5) is 15.4. The standard InChI is InChI=1S/C26H33ClN2O5/c1-31-11-5-12-33-24-14-18(21(15-23(24)32-2)20-6-3-4-7-22(20)27)17-29(19-8-9-19)26(30)25-16-28-10-13-34-25/h3-4,6-7,14-15,19,25,28H,5,8-13,16-17H2,1-2H3/t25-/m1/s1. The Hall–Kier alpha value is -2.32. The highest BCUT2D eigenvalue weighted by Crippen LogP contribution is 2.40. The van der Waals surface area contributed by atoms with Crippen LogP contribution in [0.3, 0.4) is 0 Å². The maximum absolute atomic E-state index is 13.4. The van der Waals surface area contributed by atoms with Crippen molar-refractivity contribution in [1.82, 2.24) is 10.2 Å². The lowest BCUT2D eigenvalue weighted by atomic mass is 9.97. The molecule has 1 amide bonds. The van der Waals surface area contributed by atoms with E-state index in [-0.39, 0.29) is 11.9 Å². The van der Waals surface area contributed by atoms with Gasteiger partial charge in [0.05, 0.1) is 20.3 Å². The second-order valence-electron chi connectivity index (χ2n) is 8.60. The van der Waals surface area contributed by atoms with Crippen molar-refractivity contribution >= 4 is 17.5 Å². The predicted molar refractivity (Wildman–Crippen MR) is 132 cm³/mol. The molecule has 1 saturated carbocycles. The second-order valence-corrected chi connectivity index (χ2v) is 9.00. The predicted octanol–water partition coefficient (Wildman–Crippen LogP) is 3.91. The lowest BCUT2D eigenvalue weighted by Gasteiger charge is -2.31. The Bertz CT molecular complexity index is 976. The molecule has 2 fully saturated rings. The number of nitrogens with one attached hydrogen (secondary N) is 1. The minimum absolute atomic E-state index is 0.0261. The van der Waals surface area contributed by atoms with E-state index in [2.05, 4.69) is 5.32 Å². The van der Waals surface area contributed by atoms with Crippen LogP contribution >= 0.6 is 11.6 Å². The van der Waals surface area contributed by atoms with Crippen LogP contribution in [0.5, 0.6) is 11.5 Å². The molecule has 0 spiro atoms. The number of benzene rings is 2. The molecule has 0 bridgehead atoms. The number of amides is 1. The molecule has 1 saturated heterocycles. The molecule has 4 rings (SSSR count). The number of methoxy groups -OCH3 is 2. The van der Waals surface area contributed by atoms with Crippen LogP contribution in [-0.4, -0.2) is 70.1 Å². The van der Waals surface area contributed by atoms with Gasteiger partial charge in [0.25, 0.3) is 5.91 Å². The van der Waals surface area contributed by atoms with Crippen LogP contribution in [0.2, 0.25) is 5.02 Å². The lowest BCUT2D eigenvalue weighted by Crippen LogP contribution is -2.49. The van der Waals surface area contributed by atoms with E-state index in [9.17, 15) is 4.79 Å². The summed E-state index contributed by atoms with van der Waals surface area (Å²) in [7, 11) is 3.30. The van der Waals surface area contributed by atoms with Crippen molar-refractivity contribution in [3.63, 3.8) is 0 Å². The van der Waals surface area contributed by atoms with Gasteiger partial charge in [-0.3, -0.25) is 4.79 Å². The minimum Gasteiger partial charge on any atom is -0.493 e. The molecule has 2 aromatic rings. The third-order valence-electron chi connectivity index (χ3n) is 6.12. The molecular formula is C26H33ClN2O5. The first-order valence-corrected chi connectivity index (χ1v) is 12.2. The van der Waals surface area contributed by atoms with E-state index >= 15 is 0 Å². The van der Waals surface area contributed by atoms with Crippen molar-refractivity contribution in [3.8, 4) is 22.6 Å². The van der Waals surface area contributed by atoms with Crippen molar-refractivity contribution in [2.45, 2.75) is 38.0 Å². The average Bonchev–Trinajstić information content (AvgIpc) is 3.71. The van der Waals surface area contributed by atoms with E-state index in [1.54, 1.807) is 14.2 Å². The Morgan fingerprint density at radius 1 is 1.15 bits per heavy atom. The Balaban J connectivity index is 1.68. The molecule has 8 heteroatoms. The van der Waals surface area contributed by atoms with Gasteiger partial charge >= 0.3 is 0 Å². The van der Waals surface area contributed by atoms with Gasteiger partial charge in [-0.2, -0.15) is 0 Å². The third-order valence-corrected chi connectivity index (χ3v) is 6.45. The fraction of sp³-hybridized carbons (Fsp3) is 0.500. The summed E-state index contributed by atoms with van der Waals surface area (Å²) in [5.41, 5.74) is 2.77. The van der Waals surface area contributed by atoms with Gasteiger partial charge in [0.15, 0.2) is 11.5 Å². The van der Waals surface area contributed by atoms with E-state index in [1.807, 2.05) is 41.3 Å². The number of nitrogens with zero attached hydrogens (tertiary/aromatic N) is 1. The van der Waals surface area contributed by atoms with Crippen molar-refractivity contribution in [2.24, 2.45) is 0 Å². The monoisotopic (exact) mass is 488 g/mol. The summed E-state index contributed by atoms with van der Waals surface area (Å²) in [6, 6.07) is 11.9. The molecule has 1 heterocycles. The van der Waals surface area contributed by atoms with Gasteiger partial charge in [-0.1, -0.05) is 29.8 Å². The van der Waals surface area contributed by atoms with E-state index in [1.165, 1.54) is 0 Å². The summed E-state index contributed by atoms with van der Waals surface area (Å²) >= 11 is 6.59. The zero-order valence-electron chi connectivity index (χ0n) is 19.8. The molecule has 1 N–H and O–H groups in total. The van der Waals surface area contributed by atoms with Gasteiger partial charge in [0.1, 0.15) is 6.10 Å². The number of carbonyl (C=O) groups is 1. The van der Waals surface area contributed by atoms with Gasteiger partial charge in [0.2, 0.25) is 0 Å². The Morgan fingerprint density at radius 2 is 1.97 bits per heavy atom. The van der Waals surface area contributed by atoms with Crippen molar-refractivity contribution < 1.29 is 23.7 Å². The summed E-state index contributed by atoms with van der Waals surface area (Å²) in [5.74, 6) is 1.29. The number of morpholine rings is 1. The number of hydrogen-bond acceptors (Lipinski definition) is 6. The number of hydrogen-bond donors (Lipinski definition) is 1. The fourth-order valence-electron chi connectivity index (χ4n) is 4.19. The van der Waals surface area contributed by atoms with Crippen molar-refractivity contribution in [3.05, 3.63) is 47.0 Å². The molecule has 2 aromatic carbocycles. The van der Waals surface area contributed by atoms with Gasteiger partial charge in [-0.15, -0.1) is 0 Å². The first kappa shape index (κ1) is 24.8. The maximum atomic E-state index is 13.4. The first-order valence-electron chi connectivity index (χ1n) is 11.8. The first-order chi connectivity index (χ1) is 16.6. The Morgan fingerprint density at radius 3 is 2.65 bits per heavy atom. The van der Waals surface area contributed by atoms with Crippen LogP contribution in [0.4, 0.5) is 0 Å². The maximum Gasteiger partial charge on any atom is 0.253 e. The van der Waals surface area contributed by atoms with Crippen molar-refractivity contribution in [2.75, 3.05) is 47.1 Å². The molecule has 1 aliphatic heterocycles. The SMILES string of the molecule is COCCCOc1cc(CN(C(=O)[C@H]2CNCCO2)C2CC2)c(-c2ccccc2Cl)cc1OC. The summed E-state index contributed by atoms with van der Waals surface area (Å²) in [6.45, 7) is 3.42. The topological polar surface area (TPSA) is 69.3 Å². The van der Waals surface area contributed by atoms with Crippen LogP contribution in [0.25, 0.3) is 11.1 Å². The van der Waals surface area contributed by atoms with Crippen LogP contribution in [0, 0.1) is 0 Å². The molecule has 0 unspecified atom stereocenters. The van der Waals surface area contributed by atoms with E-state index < -0.39 is 6.10 Å². The molecule has 7 nitrogen and oxygen atoms in total. The zero-order valence-corrected chi connectivity index (χ0v) is 20.6. The lowest BCUT2D eigenvalue weighted by molar-refractivity contribution is -0.146. The largest absolute Gasteiger partial charge is 0.493 e. The van der Waals surface area contributed by atoms with E-state index in [0.29, 0.717) is 49.4 Å². The number of halogens is 1. The number of rotatable bonds is 11. The van der Waals surface area contributed by atoms with Gasteiger partial charge in [0, 0.05) is 56.4 Å². The normalized spacial score (nSPS) is 17.9. The number of ether oxygens (including phenoxy) is 4. The number of carbonyl (C=O) groups excluding carboxylic acids is 1. The quantitative estimate of drug-likeness (QED) is 0.484. The highest BCUT2D eigenvalue weighted by atomic mass is 35.5. The smallest absolute Gasteiger partial charge is 0.253 e. The second kappa shape index (κ2) is 11.9. The fourth-order valence-corrected chi connectivity index (χ4v) is 4.42. The molecule has 1 atom stereocenters. The van der Waals surface area contributed by atoms with E-state index in [0.717, 1.165) is 42.5 Å². The molecular weight excluding hydrogens is 456 g/mol. The van der Waals surface area contributed by atoms with Crippen LogP contribution in [-0.2, 0) is 20.8 Å². The van der Waals surface area contributed by atoms with Crippen LogP contribution in [0.1, 0.15) is 24.8 Å². The summed E-state index contributed by atoms with van der Waals surface area (Å²) in [6.07, 6.45) is 2.31. The summed E-state index contributed by atoms with van der Waals surface area (Å²) in [5, 5.41) is 3.90. The summed E-state index contributed by atoms with van der Waals surface area (Å²) < 4.78 is 22.6. The average molecular weight is 489 g/mol. The van der Waals surface area contributed by atoms with Gasteiger partial charge in [-0.05, 0) is 42.2 Å². The Labute approximate surface area is 206 Å². The molecule has 0 aromatic heterocycles. The van der Waals surface area contributed by atoms with Gasteiger partial charge in [-0.25, -0.2) is 0 Å². The Kier molecular flexibility index (Phi) is 8.67. The van der Waals surface area contributed by atoms with Crippen molar-refractivity contribution in [1.29, 1.82) is 0 Å². The molecule has 0 radical (unpaired) electrons. The van der Waals surface area contributed by atoms with Gasteiger partial charge < -0.3 is 29.2 Å². The van der Waals surface area contributed by atoms with E-state index in [4.69, 9.17) is 30.5 Å². The molecule has 184 valence electrons. The third kappa shape index (κ3) is 6.02. The highest BCUT2D eigenvalue weighted by Gasteiger charge is 2.37. The molecule has 1 aliphatic carbocycles. The van der Waals surface area contributed by atoms with Crippen LogP contribution in [0.15, 0.2) is 36.4 Å². The zero-order chi connectivity index (χ0) is 23.9. The minimum atomic E-state index is -0.457. The molecule has 34 heavy (non-hydrogen) atoms. The highest BCUT2D eigenvalue weighted by molar-refractivity contribution is 6.33. The molecule has 2 aliphatic rings. The van der Waals surface area contributed by atoms with Crippen LogP contribution < -0.4 is 14.8 Å².